The summed E-state index contributed by atoms with van der Waals surface area (Å²) in [5.41, 5.74) is -4.91. The van der Waals surface area contributed by atoms with E-state index in [4.69, 9.17) is 5.26 Å². The summed E-state index contributed by atoms with van der Waals surface area (Å²) in [6, 6.07) is 4.02. The zero-order valence-corrected chi connectivity index (χ0v) is 10.6. The molecule has 1 aromatic carbocycles. The highest BCUT2D eigenvalue weighted by molar-refractivity contribution is 8.00. The van der Waals surface area contributed by atoms with Crippen molar-refractivity contribution in [1.29, 1.82) is 5.26 Å². The predicted octanol–water partition coefficient (Wildman–Crippen LogP) is 3.25. The molecule has 0 fully saturated rings. The predicted molar refractivity (Wildman–Crippen MR) is 61.7 cm³/mol. The molecular formula is C10H6F3NO2S2. The van der Waals surface area contributed by atoms with E-state index in [-0.39, 0.29) is 16.0 Å². The van der Waals surface area contributed by atoms with Gasteiger partial charge < -0.3 is 4.74 Å². The number of alkyl halides is 3. The second-order valence-electron chi connectivity index (χ2n) is 2.99. The van der Waals surface area contributed by atoms with E-state index in [1.807, 2.05) is 0 Å². The Hall–Kier alpha value is -1.33. The highest BCUT2D eigenvalue weighted by Gasteiger charge is 2.33. The number of carbonyl (C=O) groups is 1. The van der Waals surface area contributed by atoms with Crippen molar-refractivity contribution >= 4 is 30.4 Å². The van der Waals surface area contributed by atoms with Gasteiger partial charge in [0, 0.05) is 9.79 Å². The molecule has 0 aliphatic rings. The van der Waals surface area contributed by atoms with Crippen LogP contribution in [0.15, 0.2) is 21.9 Å². The van der Waals surface area contributed by atoms with Gasteiger partial charge in [0.25, 0.3) is 0 Å². The molecule has 0 unspecified atom stereocenters. The van der Waals surface area contributed by atoms with E-state index in [0.717, 1.165) is 13.2 Å². The van der Waals surface area contributed by atoms with Crippen molar-refractivity contribution < 1.29 is 22.7 Å². The second-order valence-corrected chi connectivity index (χ2v) is 4.51. The number of carbonyl (C=O) groups excluding carboxylic acids is 1. The molecule has 3 nitrogen and oxygen atoms in total. The van der Waals surface area contributed by atoms with Crippen LogP contribution in [0.3, 0.4) is 0 Å². The Balaban J connectivity index is 3.41. The first-order valence-electron chi connectivity index (χ1n) is 4.40. The number of hydrogen-bond donors (Lipinski definition) is 1. The number of hydrogen-bond acceptors (Lipinski definition) is 5. The maximum Gasteiger partial charge on any atom is 0.446 e. The van der Waals surface area contributed by atoms with E-state index in [0.29, 0.717) is 0 Å². The fourth-order valence-electron chi connectivity index (χ4n) is 1.15. The number of nitrogens with zero attached hydrogens (tertiary/aromatic N) is 1. The average Bonchev–Trinajstić information content (AvgIpc) is 2.29. The van der Waals surface area contributed by atoms with Crippen LogP contribution in [0, 0.1) is 11.3 Å². The molecular weight excluding hydrogens is 287 g/mol. The van der Waals surface area contributed by atoms with Gasteiger partial charge in [-0.2, -0.15) is 18.4 Å². The first-order valence-corrected chi connectivity index (χ1v) is 5.66. The maximum atomic E-state index is 12.4. The van der Waals surface area contributed by atoms with Crippen LogP contribution in [0.5, 0.6) is 0 Å². The fourth-order valence-corrected chi connectivity index (χ4v) is 2.23. The van der Waals surface area contributed by atoms with Crippen LogP contribution in [0.25, 0.3) is 0 Å². The van der Waals surface area contributed by atoms with Crippen LogP contribution in [0.2, 0.25) is 0 Å². The quantitative estimate of drug-likeness (QED) is 0.516. The molecule has 0 radical (unpaired) electrons. The molecule has 0 bridgehead atoms. The van der Waals surface area contributed by atoms with E-state index in [1.54, 1.807) is 6.07 Å². The minimum absolute atomic E-state index is 0.0438. The van der Waals surface area contributed by atoms with Gasteiger partial charge in [-0.1, -0.05) is 0 Å². The maximum absolute atomic E-state index is 12.4. The van der Waals surface area contributed by atoms with Gasteiger partial charge in [0.05, 0.1) is 18.2 Å². The molecule has 0 amide bonds. The van der Waals surface area contributed by atoms with Crippen LogP contribution in [0.1, 0.15) is 15.9 Å². The first kappa shape index (κ1) is 14.7. The van der Waals surface area contributed by atoms with Crippen molar-refractivity contribution in [3.8, 4) is 6.07 Å². The normalized spacial score (nSPS) is 10.9. The van der Waals surface area contributed by atoms with Gasteiger partial charge >= 0.3 is 11.5 Å². The van der Waals surface area contributed by atoms with Gasteiger partial charge in [-0.15, -0.1) is 12.6 Å². The van der Waals surface area contributed by atoms with E-state index < -0.39 is 28.1 Å². The standard InChI is InChI=1S/C10H6F3NO2S2/c1-16-9(15)6-3-2-5(4-14)7(17)8(6)18-10(11,12)13/h2-3,17H,1H3. The van der Waals surface area contributed by atoms with Crippen molar-refractivity contribution in [2.45, 2.75) is 15.3 Å². The van der Waals surface area contributed by atoms with Crippen molar-refractivity contribution in [3.05, 3.63) is 23.3 Å². The number of halogens is 3. The zero-order valence-electron chi connectivity index (χ0n) is 8.91. The monoisotopic (exact) mass is 293 g/mol. The molecule has 0 aliphatic heterocycles. The van der Waals surface area contributed by atoms with Crippen molar-refractivity contribution in [2.75, 3.05) is 7.11 Å². The third-order valence-corrected chi connectivity index (χ3v) is 3.35. The van der Waals surface area contributed by atoms with Crippen molar-refractivity contribution in [1.82, 2.24) is 0 Å². The molecule has 1 aromatic rings. The molecule has 0 aromatic heterocycles. The van der Waals surface area contributed by atoms with Gasteiger partial charge in [0.15, 0.2) is 0 Å². The largest absolute Gasteiger partial charge is 0.465 e. The third kappa shape index (κ3) is 3.34. The third-order valence-electron chi connectivity index (χ3n) is 1.88. The van der Waals surface area contributed by atoms with Crippen LogP contribution in [-0.2, 0) is 4.74 Å². The number of rotatable bonds is 2. The van der Waals surface area contributed by atoms with Crippen molar-refractivity contribution in [3.63, 3.8) is 0 Å². The zero-order chi connectivity index (χ0) is 13.9. The van der Waals surface area contributed by atoms with Crippen LogP contribution >= 0.6 is 24.4 Å². The van der Waals surface area contributed by atoms with Crippen LogP contribution in [-0.4, -0.2) is 18.6 Å². The highest BCUT2D eigenvalue weighted by atomic mass is 32.2. The molecule has 0 N–H and O–H groups in total. The van der Waals surface area contributed by atoms with Gasteiger partial charge in [0.1, 0.15) is 6.07 Å². The Morgan fingerprint density at radius 3 is 2.56 bits per heavy atom. The van der Waals surface area contributed by atoms with E-state index in [9.17, 15) is 18.0 Å². The molecule has 0 spiro atoms. The van der Waals surface area contributed by atoms with Crippen LogP contribution in [0.4, 0.5) is 13.2 Å². The van der Waals surface area contributed by atoms with Gasteiger partial charge in [0.2, 0.25) is 0 Å². The fraction of sp³-hybridized carbons (Fsp3) is 0.200. The molecule has 1 rings (SSSR count). The van der Waals surface area contributed by atoms with Crippen LogP contribution < -0.4 is 0 Å². The SMILES string of the molecule is COC(=O)c1ccc(C#N)c(S)c1SC(F)(F)F. The number of esters is 1. The molecule has 18 heavy (non-hydrogen) atoms. The number of thioether (sulfide) groups is 1. The number of benzene rings is 1. The number of nitriles is 1. The molecule has 0 heterocycles. The second kappa shape index (κ2) is 5.54. The summed E-state index contributed by atoms with van der Waals surface area (Å²) in [4.78, 5) is 10.7. The van der Waals surface area contributed by atoms with E-state index >= 15 is 0 Å². The molecule has 0 aliphatic carbocycles. The van der Waals surface area contributed by atoms with Gasteiger partial charge in [-0.3, -0.25) is 0 Å². The summed E-state index contributed by atoms with van der Waals surface area (Å²) < 4.78 is 41.6. The smallest absolute Gasteiger partial charge is 0.446 e. The topological polar surface area (TPSA) is 50.1 Å². The summed E-state index contributed by atoms with van der Waals surface area (Å²) >= 11 is 3.35. The number of methoxy groups -OCH3 is 1. The first-order chi connectivity index (χ1) is 8.30. The lowest BCUT2D eigenvalue weighted by Gasteiger charge is -2.12. The summed E-state index contributed by atoms with van der Waals surface area (Å²) in [5.74, 6) is -0.915. The molecule has 0 saturated heterocycles. The van der Waals surface area contributed by atoms with E-state index in [2.05, 4.69) is 17.4 Å². The van der Waals surface area contributed by atoms with Crippen molar-refractivity contribution in [2.24, 2.45) is 0 Å². The van der Waals surface area contributed by atoms with E-state index in [1.165, 1.54) is 6.07 Å². The number of thiol groups is 1. The molecule has 8 heteroatoms. The summed E-state index contributed by atoms with van der Waals surface area (Å²) in [6.07, 6.45) is 0. The molecule has 0 atom stereocenters. The Morgan fingerprint density at radius 1 is 1.50 bits per heavy atom. The number of ether oxygens (including phenoxy) is 1. The summed E-state index contributed by atoms with van der Waals surface area (Å²) in [7, 11) is 1.06. The minimum Gasteiger partial charge on any atom is -0.465 e. The Labute approximate surface area is 110 Å². The van der Waals surface area contributed by atoms with Gasteiger partial charge in [-0.25, -0.2) is 4.79 Å². The Morgan fingerprint density at radius 2 is 2.11 bits per heavy atom. The summed E-state index contributed by atoms with van der Waals surface area (Å²) in [5, 5.41) is 8.72. The lowest BCUT2D eigenvalue weighted by Crippen LogP contribution is -2.08. The van der Waals surface area contributed by atoms with Gasteiger partial charge in [-0.05, 0) is 23.9 Å². The highest BCUT2D eigenvalue weighted by Crippen LogP contribution is 2.42. The lowest BCUT2D eigenvalue weighted by atomic mass is 10.1. The minimum atomic E-state index is -4.59. The Bertz CT molecular complexity index is 523. The summed E-state index contributed by atoms with van der Waals surface area (Å²) in [6.45, 7) is 0. The molecule has 0 saturated carbocycles. The average molecular weight is 293 g/mol. The lowest BCUT2D eigenvalue weighted by molar-refractivity contribution is -0.0329. The molecule has 96 valence electrons. The Kier molecular flexibility index (Phi) is 4.53.